The molecule has 2 atom stereocenters. The maximum Gasteiger partial charge on any atom is 0.293 e. The van der Waals surface area contributed by atoms with Crippen LogP contribution in [0.3, 0.4) is 0 Å². The molecule has 0 aromatic carbocycles. The number of rotatable bonds is 8. The lowest BCUT2D eigenvalue weighted by Gasteiger charge is -2.41. The molecular weight excluding hydrogens is 260 g/mol. The van der Waals surface area contributed by atoms with Crippen LogP contribution in [0.5, 0.6) is 0 Å². The summed E-state index contributed by atoms with van der Waals surface area (Å²) in [7, 11) is 0. The van der Waals surface area contributed by atoms with Crippen LogP contribution in [0.2, 0.25) is 0 Å². The molecule has 0 bridgehead atoms. The number of carbonyl (C=O) groups excluding carboxylic acids is 1. The van der Waals surface area contributed by atoms with E-state index in [-0.39, 0.29) is 6.61 Å². The Morgan fingerprint density at radius 2 is 2.05 bits per heavy atom. The van der Waals surface area contributed by atoms with E-state index < -0.39 is 18.1 Å². The molecule has 2 unspecified atom stereocenters. The van der Waals surface area contributed by atoms with Crippen molar-refractivity contribution in [2.75, 3.05) is 32.8 Å². The Bertz CT molecular complexity index is 314. The fraction of sp³-hybridized carbons (Fsp3) is 0.786. The van der Waals surface area contributed by atoms with Gasteiger partial charge in [0.15, 0.2) is 0 Å². The Morgan fingerprint density at radius 1 is 1.40 bits per heavy atom. The number of aliphatic hydroxyl groups is 2. The normalized spacial score (nSPS) is 20.9. The van der Waals surface area contributed by atoms with Crippen molar-refractivity contribution >= 4 is 5.91 Å². The third kappa shape index (κ3) is 5.58. The highest BCUT2D eigenvalue weighted by molar-refractivity contribution is 5.78. The van der Waals surface area contributed by atoms with Gasteiger partial charge in [-0.15, -0.1) is 6.58 Å². The topological polar surface area (TPSA) is 78.8 Å². The first-order chi connectivity index (χ1) is 9.49. The summed E-state index contributed by atoms with van der Waals surface area (Å²) in [5.41, 5.74) is 2.87. The van der Waals surface area contributed by atoms with Gasteiger partial charge < -0.3 is 14.9 Å². The minimum absolute atomic E-state index is 0.219. The van der Waals surface area contributed by atoms with Crippen molar-refractivity contribution in [3.8, 4) is 0 Å². The smallest absolute Gasteiger partial charge is 0.293 e. The van der Waals surface area contributed by atoms with E-state index >= 15 is 0 Å². The van der Waals surface area contributed by atoms with Crippen molar-refractivity contribution in [1.29, 1.82) is 0 Å². The minimum atomic E-state index is -1.04. The van der Waals surface area contributed by atoms with Gasteiger partial charge >= 0.3 is 0 Å². The molecular formula is C14H27N2O4+. The molecule has 0 aromatic rings. The van der Waals surface area contributed by atoms with E-state index in [4.69, 9.17) is 4.74 Å². The largest absolute Gasteiger partial charge is 0.385 e. The molecule has 20 heavy (non-hydrogen) atoms. The van der Waals surface area contributed by atoms with Crippen LogP contribution in [0.1, 0.15) is 26.2 Å². The van der Waals surface area contributed by atoms with Gasteiger partial charge in [0.1, 0.15) is 31.8 Å². The zero-order chi connectivity index (χ0) is 15.0. The Labute approximate surface area is 120 Å². The summed E-state index contributed by atoms with van der Waals surface area (Å²) in [6, 6.07) is 0. The number of amides is 1. The van der Waals surface area contributed by atoms with Crippen LogP contribution in [0.25, 0.3) is 0 Å². The van der Waals surface area contributed by atoms with Crippen LogP contribution in [0.15, 0.2) is 12.7 Å². The van der Waals surface area contributed by atoms with E-state index in [1.807, 2.05) is 0 Å². The number of likely N-dealkylation sites (tertiary alicyclic amines) is 1. The van der Waals surface area contributed by atoms with Crippen molar-refractivity contribution in [1.82, 2.24) is 5.43 Å². The number of piperidine rings is 1. The third-order valence-electron chi connectivity index (χ3n) is 3.51. The average Bonchev–Trinajstić information content (AvgIpc) is 2.39. The summed E-state index contributed by atoms with van der Waals surface area (Å²) < 4.78 is 5.57. The Kier molecular flexibility index (Phi) is 7.15. The zero-order valence-electron chi connectivity index (χ0n) is 12.3. The molecule has 1 aliphatic heterocycles. The van der Waals surface area contributed by atoms with Gasteiger partial charge in [-0.1, -0.05) is 6.08 Å². The highest BCUT2D eigenvalue weighted by atomic mass is 16.5. The highest BCUT2D eigenvalue weighted by Crippen LogP contribution is 2.17. The van der Waals surface area contributed by atoms with Gasteiger partial charge in [-0.2, -0.15) is 5.43 Å². The predicted molar refractivity (Wildman–Crippen MR) is 75.6 cm³/mol. The number of aliphatic hydroxyl groups excluding tert-OH is 2. The number of carbonyl (C=O) groups is 1. The van der Waals surface area contributed by atoms with Gasteiger partial charge in [-0.05, 0) is 26.2 Å². The standard InChI is InChI=1S/C14H26N2O4/c1-3-9-20-11-13(18)10-16(7-5-4-6-8-16)15-14(19)12(2)17/h3,12-13,17-18H,1,4-11H2,2H3/p+1. The molecule has 3 N–H and O–H groups in total. The SMILES string of the molecule is C=CCOCC(O)C[N+]1(NC(=O)C(C)O)CCCCC1. The molecule has 116 valence electrons. The van der Waals surface area contributed by atoms with Crippen LogP contribution < -0.4 is 5.43 Å². The lowest BCUT2D eigenvalue weighted by molar-refractivity contribution is -0.968. The fourth-order valence-corrected chi connectivity index (χ4v) is 2.53. The monoisotopic (exact) mass is 287 g/mol. The Balaban J connectivity index is 2.58. The summed E-state index contributed by atoms with van der Waals surface area (Å²) in [6.45, 7) is 7.56. The molecule has 6 heteroatoms. The number of hydrogen-bond donors (Lipinski definition) is 3. The summed E-state index contributed by atoms with van der Waals surface area (Å²) in [5.74, 6) is -0.397. The quantitative estimate of drug-likeness (QED) is 0.333. The first-order valence-corrected chi connectivity index (χ1v) is 7.22. The molecule has 0 radical (unpaired) electrons. The summed E-state index contributed by atoms with van der Waals surface area (Å²) in [4.78, 5) is 11.8. The van der Waals surface area contributed by atoms with Gasteiger partial charge in [-0.25, -0.2) is 4.59 Å². The summed E-state index contributed by atoms with van der Waals surface area (Å²) >= 11 is 0. The molecule has 1 saturated heterocycles. The second-order valence-electron chi connectivity index (χ2n) is 5.47. The molecule has 0 saturated carbocycles. The zero-order valence-corrected chi connectivity index (χ0v) is 12.3. The maximum atomic E-state index is 11.8. The van der Waals surface area contributed by atoms with Crippen molar-refractivity contribution in [2.45, 2.75) is 38.4 Å². The van der Waals surface area contributed by atoms with Crippen LogP contribution in [-0.2, 0) is 9.53 Å². The molecule has 0 aromatic heterocycles. The first kappa shape index (κ1) is 17.1. The molecule has 1 amide bonds. The van der Waals surface area contributed by atoms with E-state index in [1.54, 1.807) is 6.08 Å². The van der Waals surface area contributed by atoms with Gasteiger partial charge in [0.2, 0.25) is 0 Å². The molecule has 0 spiro atoms. The number of hydrogen-bond acceptors (Lipinski definition) is 4. The maximum absolute atomic E-state index is 11.8. The van der Waals surface area contributed by atoms with Crippen molar-refractivity contribution in [2.24, 2.45) is 0 Å². The Hall–Kier alpha value is -0.950. The summed E-state index contributed by atoms with van der Waals surface area (Å²) in [6.07, 6.45) is 3.07. The van der Waals surface area contributed by atoms with Crippen LogP contribution in [0.4, 0.5) is 0 Å². The molecule has 0 aliphatic carbocycles. The molecule has 1 heterocycles. The Morgan fingerprint density at radius 3 is 2.60 bits per heavy atom. The lowest BCUT2D eigenvalue weighted by atomic mass is 10.1. The van der Waals surface area contributed by atoms with E-state index in [1.165, 1.54) is 6.92 Å². The van der Waals surface area contributed by atoms with Crippen LogP contribution in [0, 0.1) is 0 Å². The van der Waals surface area contributed by atoms with Crippen molar-refractivity contribution in [3.63, 3.8) is 0 Å². The highest BCUT2D eigenvalue weighted by Gasteiger charge is 2.35. The molecule has 1 fully saturated rings. The van der Waals surface area contributed by atoms with E-state index in [0.717, 1.165) is 32.4 Å². The minimum Gasteiger partial charge on any atom is -0.385 e. The number of ether oxygens (including phenoxy) is 1. The lowest BCUT2D eigenvalue weighted by Crippen LogP contribution is -2.66. The second-order valence-corrected chi connectivity index (χ2v) is 5.47. The average molecular weight is 287 g/mol. The van der Waals surface area contributed by atoms with Crippen molar-refractivity contribution in [3.05, 3.63) is 12.7 Å². The van der Waals surface area contributed by atoms with Gasteiger partial charge in [0, 0.05) is 0 Å². The van der Waals surface area contributed by atoms with Gasteiger partial charge in [0.25, 0.3) is 5.91 Å². The third-order valence-corrected chi connectivity index (χ3v) is 3.51. The second kappa shape index (κ2) is 8.36. The van der Waals surface area contributed by atoms with E-state index in [0.29, 0.717) is 17.7 Å². The fourth-order valence-electron chi connectivity index (χ4n) is 2.53. The molecule has 1 aliphatic rings. The predicted octanol–water partition coefficient (Wildman–Crippen LogP) is -0.0374. The van der Waals surface area contributed by atoms with E-state index in [2.05, 4.69) is 12.0 Å². The van der Waals surface area contributed by atoms with Gasteiger partial charge in [0.05, 0.1) is 13.2 Å². The first-order valence-electron chi connectivity index (χ1n) is 7.22. The van der Waals surface area contributed by atoms with E-state index in [9.17, 15) is 15.0 Å². The van der Waals surface area contributed by atoms with Gasteiger partial charge in [-0.3, -0.25) is 4.79 Å². The number of nitrogens with one attached hydrogen (secondary N) is 1. The number of quaternary nitrogens is 1. The molecule has 6 nitrogen and oxygen atoms in total. The van der Waals surface area contributed by atoms with Crippen molar-refractivity contribution < 1.29 is 24.3 Å². The van der Waals surface area contributed by atoms with Crippen LogP contribution >= 0.6 is 0 Å². The summed E-state index contributed by atoms with van der Waals surface area (Å²) in [5, 5.41) is 19.4. The van der Waals surface area contributed by atoms with Crippen LogP contribution in [-0.4, -0.2) is 65.8 Å². The number of nitrogens with zero attached hydrogens (tertiary/aromatic N) is 1. The molecule has 1 rings (SSSR count).